The van der Waals surface area contributed by atoms with Crippen LogP contribution in [0.3, 0.4) is 0 Å². The minimum atomic E-state index is -3.93. The Morgan fingerprint density at radius 1 is 1.17 bits per heavy atom. The molecule has 0 aliphatic heterocycles. The molecule has 24 heavy (non-hydrogen) atoms. The van der Waals surface area contributed by atoms with Crippen molar-refractivity contribution in [2.75, 3.05) is 4.72 Å². The lowest BCUT2D eigenvalue weighted by molar-refractivity contribution is 0.527. The van der Waals surface area contributed by atoms with Gasteiger partial charge in [0.2, 0.25) is 0 Å². The van der Waals surface area contributed by atoms with Crippen molar-refractivity contribution < 1.29 is 12.8 Å². The van der Waals surface area contributed by atoms with Crippen LogP contribution in [0.2, 0.25) is 5.02 Å². The summed E-state index contributed by atoms with van der Waals surface area (Å²) in [4.78, 5) is 11.4. The normalized spacial score (nSPS) is 11.8. The van der Waals surface area contributed by atoms with Gasteiger partial charge in [0, 0.05) is 13.1 Å². The lowest BCUT2D eigenvalue weighted by atomic mass is 10.1. The molecule has 126 valence electrons. The fourth-order valence-electron chi connectivity index (χ4n) is 2.38. The number of fused-ring (bicyclic) bond motifs is 1. The van der Waals surface area contributed by atoms with E-state index in [9.17, 15) is 13.2 Å². The molecule has 0 fully saturated rings. The molecule has 2 aromatic carbocycles. The van der Waals surface area contributed by atoms with Crippen molar-refractivity contribution in [1.29, 1.82) is 0 Å². The molecule has 1 aromatic heterocycles. The molecule has 0 amide bonds. The van der Waals surface area contributed by atoms with Crippen LogP contribution in [-0.2, 0) is 17.1 Å². The Hall–Kier alpha value is -2.25. The zero-order valence-corrected chi connectivity index (χ0v) is 14.8. The van der Waals surface area contributed by atoms with E-state index in [1.54, 1.807) is 13.0 Å². The average molecular weight is 367 g/mol. The summed E-state index contributed by atoms with van der Waals surface area (Å²) in [6.07, 6.45) is 0. The first-order valence-electron chi connectivity index (χ1n) is 7.08. The van der Waals surface area contributed by atoms with Crippen LogP contribution in [0, 0.1) is 13.8 Å². The van der Waals surface area contributed by atoms with Gasteiger partial charge in [0.1, 0.15) is 4.90 Å². The van der Waals surface area contributed by atoms with E-state index >= 15 is 0 Å². The Kier molecular flexibility index (Phi) is 3.93. The molecular formula is C16H15ClN2O4S. The molecule has 0 aliphatic rings. The van der Waals surface area contributed by atoms with Crippen molar-refractivity contribution in [1.82, 2.24) is 4.57 Å². The summed E-state index contributed by atoms with van der Waals surface area (Å²) in [6, 6.07) is 8.12. The number of oxazole rings is 1. The minimum absolute atomic E-state index is 0.0108. The van der Waals surface area contributed by atoms with Crippen molar-refractivity contribution in [3.8, 4) is 0 Å². The highest BCUT2D eigenvalue weighted by Crippen LogP contribution is 2.29. The summed E-state index contributed by atoms with van der Waals surface area (Å²) < 4.78 is 34.2. The van der Waals surface area contributed by atoms with E-state index in [-0.39, 0.29) is 15.5 Å². The number of anilines is 1. The molecule has 0 saturated heterocycles. The first kappa shape index (κ1) is 16.6. The summed E-state index contributed by atoms with van der Waals surface area (Å²) >= 11 is 6.13. The third-order valence-corrected chi connectivity index (χ3v) is 5.60. The zero-order valence-electron chi connectivity index (χ0n) is 13.3. The molecule has 0 unspecified atom stereocenters. The Labute approximate surface area is 143 Å². The molecule has 1 N–H and O–H groups in total. The van der Waals surface area contributed by atoms with Gasteiger partial charge in [0.25, 0.3) is 10.0 Å². The SMILES string of the molecule is Cc1ccc(C)c(NS(=O)(=O)c2cc3oc(=O)n(C)c3cc2Cl)c1. The van der Waals surface area contributed by atoms with Crippen LogP contribution in [0.4, 0.5) is 5.69 Å². The fraction of sp³-hybridized carbons (Fsp3) is 0.188. The van der Waals surface area contributed by atoms with E-state index < -0.39 is 15.8 Å². The quantitative estimate of drug-likeness (QED) is 0.771. The van der Waals surface area contributed by atoms with Crippen LogP contribution in [-0.4, -0.2) is 13.0 Å². The number of nitrogens with one attached hydrogen (secondary N) is 1. The number of aromatic nitrogens is 1. The first-order valence-corrected chi connectivity index (χ1v) is 8.94. The minimum Gasteiger partial charge on any atom is -0.408 e. The summed E-state index contributed by atoms with van der Waals surface area (Å²) in [5.74, 6) is -0.585. The summed E-state index contributed by atoms with van der Waals surface area (Å²) in [5, 5.41) is 0.0108. The van der Waals surface area contributed by atoms with E-state index in [2.05, 4.69) is 4.72 Å². The average Bonchev–Trinajstić information content (AvgIpc) is 2.77. The summed E-state index contributed by atoms with van der Waals surface area (Å²) in [5.41, 5.74) is 2.77. The summed E-state index contributed by atoms with van der Waals surface area (Å²) in [7, 11) is -2.41. The maximum atomic E-state index is 12.7. The number of hydrogen-bond donors (Lipinski definition) is 1. The molecule has 6 nitrogen and oxygen atoms in total. The van der Waals surface area contributed by atoms with E-state index in [1.807, 2.05) is 19.1 Å². The van der Waals surface area contributed by atoms with E-state index in [1.165, 1.54) is 23.7 Å². The molecule has 0 saturated carbocycles. The number of benzene rings is 2. The lowest BCUT2D eigenvalue weighted by Gasteiger charge is -2.12. The van der Waals surface area contributed by atoms with Gasteiger partial charge >= 0.3 is 5.76 Å². The van der Waals surface area contributed by atoms with Gasteiger partial charge in [0.15, 0.2) is 5.58 Å². The van der Waals surface area contributed by atoms with Crippen molar-refractivity contribution in [3.63, 3.8) is 0 Å². The second-order valence-corrected chi connectivity index (χ2v) is 7.66. The van der Waals surface area contributed by atoms with Crippen molar-refractivity contribution in [2.45, 2.75) is 18.7 Å². The van der Waals surface area contributed by atoms with Crippen LogP contribution >= 0.6 is 11.6 Å². The molecule has 0 spiro atoms. The molecule has 8 heteroatoms. The topological polar surface area (TPSA) is 81.3 Å². The number of hydrogen-bond acceptors (Lipinski definition) is 4. The Balaban J connectivity index is 2.13. The third kappa shape index (κ3) is 2.81. The Morgan fingerprint density at radius 3 is 2.58 bits per heavy atom. The van der Waals surface area contributed by atoms with Crippen LogP contribution in [0.1, 0.15) is 11.1 Å². The molecule has 1 heterocycles. The number of rotatable bonds is 3. The van der Waals surface area contributed by atoms with Crippen molar-refractivity contribution in [3.05, 3.63) is 57.0 Å². The van der Waals surface area contributed by atoms with Crippen LogP contribution in [0.15, 0.2) is 44.4 Å². The fourth-order valence-corrected chi connectivity index (χ4v) is 4.04. The second kappa shape index (κ2) is 5.68. The number of aryl methyl sites for hydroxylation is 3. The monoisotopic (exact) mass is 366 g/mol. The van der Waals surface area contributed by atoms with E-state index in [0.29, 0.717) is 11.2 Å². The van der Waals surface area contributed by atoms with Gasteiger partial charge in [-0.2, -0.15) is 0 Å². The van der Waals surface area contributed by atoms with Crippen LogP contribution in [0.25, 0.3) is 11.1 Å². The van der Waals surface area contributed by atoms with Gasteiger partial charge < -0.3 is 4.42 Å². The van der Waals surface area contributed by atoms with Gasteiger partial charge in [-0.15, -0.1) is 0 Å². The molecule has 0 radical (unpaired) electrons. The Bertz CT molecular complexity index is 1110. The van der Waals surface area contributed by atoms with Gasteiger partial charge in [-0.3, -0.25) is 9.29 Å². The molecule has 0 bridgehead atoms. The smallest absolute Gasteiger partial charge is 0.408 e. The van der Waals surface area contributed by atoms with Gasteiger partial charge in [0.05, 0.1) is 16.2 Å². The predicted octanol–water partition coefficient (Wildman–Crippen LogP) is 3.20. The lowest BCUT2D eigenvalue weighted by Crippen LogP contribution is -2.14. The van der Waals surface area contributed by atoms with Gasteiger partial charge in [-0.1, -0.05) is 23.7 Å². The highest BCUT2D eigenvalue weighted by molar-refractivity contribution is 7.92. The number of nitrogens with zero attached hydrogens (tertiary/aromatic N) is 1. The number of sulfonamides is 1. The second-order valence-electron chi connectivity index (χ2n) is 5.60. The van der Waals surface area contributed by atoms with E-state index in [0.717, 1.165) is 11.1 Å². The standard InChI is InChI=1S/C16H15ClN2O4S/c1-9-4-5-10(2)12(6-9)18-24(21,22)15-8-14-13(7-11(15)17)19(3)16(20)23-14/h4-8,18H,1-3H3. The highest BCUT2D eigenvalue weighted by atomic mass is 35.5. The molecule has 3 rings (SSSR count). The van der Waals surface area contributed by atoms with Crippen molar-refractivity contribution >= 4 is 38.4 Å². The van der Waals surface area contributed by atoms with Crippen molar-refractivity contribution in [2.24, 2.45) is 7.05 Å². The largest absolute Gasteiger partial charge is 0.419 e. The van der Waals surface area contributed by atoms with Crippen LogP contribution < -0.4 is 10.5 Å². The predicted molar refractivity (Wildman–Crippen MR) is 93.2 cm³/mol. The maximum absolute atomic E-state index is 12.7. The molecule has 0 atom stereocenters. The van der Waals surface area contributed by atoms with Crippen LogP contribution in [0.5, 0.6) is 0 Å². The molecule has 3 aromatic rings. The summed E-state index contributed by atoms with van der Waals surface area (Å²) in [6.45, 7) is 3.67. The Morgan fingerprint density at radius 2 is 1.88 bits per heavy atom. The zero-order chi connectivity index (χ0) is 17.6. The van der Waals surface area contributed by atoms with E-state index in [4.69, 9.17) is 16.0 Å². The molecular weight excluding hydrogens is 352 g/mol. The third-order valence-electron chi connectivity index (χ3n) is 3.77. The van der Waals surface area contributed by atoms with Gasteiger partial charge in [-0.25, -0.2) is 13.2 Å². The first-order chi connectivity index (χ1) is 11.2. The maximum Gasteiger partial charge on any atom is 0.419 e. The highest BCUT2D eigenvalue weighted by Gasteiger charge is 2.22. The molecule has 0 aliphatic carbocycles. The van der Waals surface area contributed by atoms with Gasteiger partial charge in [-0.05, 0) is 37.1 Å². The number of halogens is 1.